The first-order valence-corrected chi connectivity index (χ1v) is 9.64. The molecule has 0 amide bonds. The molecule has 28 heavy (non-hydrogen) atoms. The quantitative estimate of drug-likeness (QED) is 0.696. The largest absolute Gasteiger partial charge is 0.486 e. The number of fused-ring (bicyclic) bond motifs is 1. The molecule has 2 aromatic carbocycles. The Bertz CT molecular complexity index is 1130. The van der Waals surface area contributed by atoms with Gasteiger partial charge in [-0.25, -0.2) is 0 Å². The highest BCUT2D eigenvalue weighted by atomic mass is 16.5. The highest BCUT2D eigenvalue weighted by Crippen LogP contribution is 2.33. The summed E-state index contributed by atoms with van der Waals surface area (Å²) in [5, 5.41) is 0.973. The molecule has 1 aromatic heterocycles. The molecular weight excluding hydrogens is 350 g/mol. The molecule has 0 saturated carbocycles. The molecule has 0 radical (unpaired) electrons. The normalized spacial score (nSPS) is 18.0. The second-order valence-electron chi connectivity index (χ2n) is 7.46. The maximum Gasteiger partial charge on any atom is 0.248 e. The van der Waals surface area contributed by atoms with Crippen molar-refractivity contribution in [3.8, 4) is 5.75 Å². The van der Waals surface area contributed by atoms with Gasteiger partial charge in [0.25, 0.3) is 0 Å². The van der Waals surface area contributed by atoms with Gasteiger partial charge in [-0.05, 0) is 77.8 Å². The number of hydrogen-bond donors (Lipinski definition) is 1. The summed E-state index contributed by atoms with van der Waals surface area (Å²) in [5.41, 5.74) is 3.87. The summed E-state index contributed by atoms with van der Waals surface area (Å²) >= 11 is 0. The summed E-state index contributed by atoms with van der Waals surface area (Å²) in [6.07, 6.45) is 3.16. The minimum Gasteiger partial charge on any atom is -0.486 e. The van der Waals surface area contributed by atoms with Crippen molar-refractivity contribution >= 4 is 22.3 Å². The van der Waals surface area contributed by atoms with Gasteiger partial charge in [0.05, 0.1) is 0 Å². The molecule has 0 bridgehead atoms. The fourth-order valence-electron chi connectivity index (χ4n) is 3.72. The van der Waals surface area contributed by atoms with Gasteiger partial charge in [-0.1, -0.05) is 25.1 Å². The van der Waals surface area contributed by atoms with Gasteiger partial charge in [0.15, 0.2) is 5.78 Å². The molecule has 0 fully saturated rings. The summed E-state index contributed by atoms with van der Waals surface area (Å²) in [7, 11) is 0. The molecule has 2 unspecified atom stereocenters. The maximum atomic E-state index is 11.8. The van der Waals surface area contributed by atoms with E-state index in [-0.39, 0.29) is 17.4 Å². The number of ketones is 1. The number of pyridine rings is 1. The predicted octanol–water partition coefficient (Wildman–Crippen LogP) is 5.05. The van der Waals surface area contributed by atoms with Crippen LogP contribution in [0.2, 0.25) is 0 Å². The van der Waals surface area contributed by atoms with E-state index in [0.29, 0.717) is 12.3 Å². The van der Waals surface area contributed by atoms with Crippen molar-refractivity contribution < 1.29 is 9.53 Å². The van der Waals surface area contributed by atoms with E-state index in [9.17, 15) is 9.59 Å². The highest BCUT2D eigenvalue weighted by molar-refractivity contribution is 5.98. The summed E-state index contributed by atoms with van der Waals surface area (Å²) in [6, 6.07) is 17.2. The maximum absolute atomic E-state index is 11.8. The first-order chi connectivity index (χ1) is 13.5. The van der Waals surface area contributed by atoms with Gasteiger partial charge in [-0.3, -0.25) is 9.59 Å². The van der Waals surface area contributed by atoms with Crippen LogP contribution in [0, 0.1) is 5.92 Å². The number of aromatic nitrogens is 1. The monoisotopic (exact) mass is 373 g/mol. The van der Waals surface area contributed by atoms with Crippen LogP contribution in [0.4, 0.5) is 0 Å². The van der Waals surface area contributed by atoms with Crippen LogP contribution in [-0.4, -0.2) is 10.8 Å². The molecule has 4 rings (SSSR count). The van der Waals surface area contributed by atoms with Crippen molar-refractivity contribution in [1.29, 1.82) is 0 Å². The Kier molecular flexibility index (Phi) is 4.86. The van der Waals surface area contributed by atoms with Crippen LogP contribution in [0.25, 0.3) is 16.5 Å². The standard InChI is InChI=1S/C24H23NO3/c1-15-6-9-20(26)14-22(15)18-4-3-5-21(13-18)28-16(2)17-7-10-23-19(12-17)8-11-24(27)25-23/h3-5,7-8,10-16H,6,9H2,1-2H3,(H,25,27). The molecule has 4 nitrogen and oxygen atoms in total. The SMILES string of the molecule is CC1CCC(=O)C=C1c1cccc(OC(C)c2ccc3[nH]c(=O)ccc3c2)c1. The van der Waals surface area contributed by atoms with Crippen LogP contribution in [-0.2, 0) is 4.79 Å². The molecule has 1 heterocycles. The number of hydrogen-bond acceptors (Lipinski definition) is 3. The lowest BCUT2D eigenvalue weighted by molar-refractivity contribution is -0.115. The van der Waals surface area contributed by atoms with Gasteiger partial charge in [0, 0.05) is 18.0 Å². The van der Waals surface area contributed by atoms with E-state index >= 15 is 0 Å². The van der Waals surface area contributed by atoms with E-state index in [1.54, 1.807) is 6.08 Å². The number of ether oxygens (including phenoxy) is 1. The lowest BCUT2D eigenvalue weighted by Crippen LogP contribution is -2.10. The number of H-pyrrole nitrogens is 1. The van der Waals surface area contributed by atoms with Crippen molar-refractivity contribution in [3.05, 3.63) is 82.2 Å². The molecule has 2 atom stereocenters. The Hall–Kier alpha value is -3.14. The van der Waals surface area contributed by atoms with Crippen molar-refractivity contribution in [2.75, 3.05) is 0 Å². The predicted molar refractivity (Wildman–Crippen MR) is 111 cm³/mol. The molecule has 1 N–H and O–H groups in total. The van der Waals surface area contributed by atoms with Crippen LogP contribution >= 0.6 is 0 Å². The minimum absolute atomic E-state index is 0.105. The van der Waals surface area contributed by atoms with Gasteiger partial charge >= 0.3 is 0 Å². The number of nitrogens with one attached hydrogen (secondary N) is 1. The van der Waals surface area contributed by atoms with Crippen molar-refractivity contribution in [3.63, 3.8) is 0 Å². The zero-order valence-electron chi connectivity index (χ0n) is 16.1. The third kappa shape index (κ3) is 3.77. The molecule has 0 saturated heterocycles. The second-order valence-corrected chi connectivity index (χ2v) is 7.46. The van der Waals surface area contributed by atoms with Crippen LogP contribution in [0.1, 0.15) is 43.9 Å². The first kappa shape index (κ1) is 18.2. The summed E-state index contributed by atoms with van der Waals surface area (Å²) in [6.45, 7) is 4.17. The fourth-order valence-corrected chi connectivity index (χ4v) is 3.72. The average Bonchev–Trinajstić information content (AvgIpc) is 2.69. The number of carbonyl (C=O) groups excluding carboxylic acids is 1. The molecule has 1 aliphatic carbocycles. The average molecular weight is 373 g/mol. The Morgan fingerprint density at radius 1 is 1.07 bits per heavy atom. The molecule has 3 aromatic rings. The lowest BCUT2D eigenvalue weighted by Gasteiger charge is -2.21. The van der Waals surface area contributed by atoms with Gasteiger partial charge in [0.1, 0.15) is 11.9 Å². The van der Waals surface area contributed by atoms with Gasteiger partial charge in [0.2, 0.25) is 5.56 Å². The zero-order valence-corrected chi connectivity index (χ0v) is 16.1. The van der Waals surface area contributed by atoms with Crippen LogP contribution in [0.15, 0.2) is 65.5 Å². The van der Waals surface area contributed by atoms with Crippen LogP contribution in [0.3, 0.4) is 0 Å². The zero-order chi connectivity index (χ0) is 19.7. The Balaban J connectivity index is 1.58. The van der Waals surface area contributed by atoms with Crippen molar-refractivity contribution in [1.82, 2.24) is 4.98 Å². The van der Waals surface area contributed by atoms with Crippen LogP contribution < -0.4 is 10.3 Å². The van der Waals surface area contributed by atoms with Gasteiger partial charge in [-0.2, -0.15) is 0 Å². The summed E-state index contributed by atoms with van der Waals surface area (Å²) in [4.78, 5) is 26.1. The second kappa shape index (κ2) is 7.47. The third-order valence-corrected chi connectivity index (χ3v) is 5.37. The third-order valence-electron chi connectivity index (χ3n) is 5.37. The molecular formula is C24H23NO3. The van der Waals surface area contributed by atoms with Crippen molar-refractivity contribution in [2.45, 2.75) is 32.8 Å². The van der Waals surface area contributed by atoms with E-state index in [1.807, 2.05) is 55.5 Å². The molecule has 142 valence electrons. The van der Waals surface area contributed by atoms with E-state index in [1.165, 1.54) is 6.07 Å². The smallest absolute Gasteiger partial charge is 0.248 e. The number of rotatable bonds is 4. The number of allylic oxidation sites excluding steroid dienone is 2. The Morgan fingerprint density at radius 2 is 1.93 bits per heavy atom. The van der Waals surface area contributed by atoms with E-state index in [2.05, 4.69) is 11.9 Å². The number of benzene rings is 2. The molecule has 4 heteroatoms. The van der Waals surface area contributed by atoms with E-state index in [0.717, 1.165) is 39.8 Å². The van der Waals surface area contributed by atoms with Gasteiger partial charge < -0.3 is 9.72 Å². The first-order valence-electron chi connectivity index (χ1n) is 9.64. The minimum atomic E-state index is -0.147. The molecule has 0 aliphatic heterocycles. The summed E-state index contributed by atoms with van der Waals surface area (Å²) < 4.78 is 6.18. The lowest BCUT2D eigenvalue weighted by atomic mass is 9.84. The van der Waals surface area contributed by atoms with E-state index < -0.39 is 0 Å². The Morgan fingerprint density at radius 3 is 2.79 bits per heavy atom. The summed E-state index contributed by atoms with van der Waals surface area (Å²) in [5.74, 6) is 1.34. The van der Waals surface area contributed by atoms with E-state index in [4.69, 9.17) is 4.74 Å². The fraction of sp³-hybridized carbons (Fsp3) is 0.250. The number of carbonyl (C=O) groups is 1. The topological polar surface area (TPSA) is 59.2 Å². The molecule has 0 spiro atoms. The highest BCUT2D eigenvalue weighted by Gasteiger charge is 2.19. The van der Waals surface area contributed by atoms with Crippen molar-refractivity contribution in [2.24, 2.45) is 5.92 Å². The molecule has 1 aliphatic rings. The number of aromatic amines is 1. The Labute approximate surface area is 163 Å². The van der Waals surface area contributed by atoms with Gasteiger partial charge in [-0.15, -0.1) is 0 Å². The van der Waals surface area contributed by atoms with Crippen LogP contribution in [0.5, 0.6) is 5.75 Å².